The first-order valence-corrected chi connectivity index (χ1v) is 9.66. The largest absolute Gasteiger partial charge is 0.490 e. The van der Waals surface area contributed by atoms with Gasteiger partial charge in [0, 0.05) is 18.2 Å². The molecule has 0 bridgehead atoms. The average molecular weight is 377 g/mol. The molecule has 1 atom stereocenters. The van der Waals surface area contributed by atoms with E-state index < -0.39 is 0 Å². The molecule has 2 aromatic rings. The van der Waals surface area contributed by atoms with Gasteiger partial charge in [0.1, 0.15) is 0 Å². The van der Waals surface area contributed by atoms with Crippen LogP contribution in [0.15, 0.2) is 42.5 Å². The summed E-state index contributed by atoms with van der Waals surface area (Å²) < 4.78 is 11.5. The van der Waals surface area contributed by atoms with Gasteiger partial charge < -0.3 is 14.8 Å². The predicted molar refractivity (Wildman–Crippen MR) is 105 cm³/mol. The van der Waals surface area contributed by atoms with Crippen molar-refractivity contribution in [2.75, 3.05) is 31.6 Å². The first-order valence-electron chi connectivity index (χ1n) is 9.66. The van der Waals surface area contributed by atoms with Crippen molar-refractivity contribution in [1.82, 2.24) is 4.90 Å². The van der Waals surface area contributed by atoms with Crippen LogP contribution in [0.4, 0.5) is 5.69 Å². The lowest BCUT2D eigenvalue weighted by Gasteiger charge is -2.25. The van der Waals surface area contributed by atoms with Gasteiger partial charge in [-0.1, -0.05) is 12.1 Å². The Bertz CT molecular complexity index is 906. The summed E-state index contributed by atoms with van der Waals surface area (Å²) in [6.45, 7) is 2.53. The molecule has 6 nitrogen and oxygen atoms in total. The molecule has 0 saturated carbocycles. The van der Waals surface area contributed by atoms with E-state index in [2.05, 4.69) is 28.4 Å². The van der Waals surface area contributed by atoms with Crippen LogP contribution in [0.25, 0.3) is 0 Å². The van der Waals surface area contributed by atoms with Crippen LogP contribution in [0.5, 0.6) is 11.5 Å². The second-order valence-corrected chi connectivity index (χ2v) is 7.13. The number of carbonyl (C=O) groups excluding carboxylic acids is 1. The predicted octanol–water partition coefficient (Wildman–Crippen LogP) is 3.50. The normalized spacial score (nSPS) is 18.9. The maximum absolute atomic E-state index is 12.5. The average Bonchev–Trinajstić information content (AvgIpc) is 3.03. The van der Waals surface area contributed by atoms with E-state index in [1.54, 1.807) is 24.3 Å². The number of amides is 1. The highest BCUT2D eigenvalue weighted by Gasteiger charge is 2.28. The minimum atomic E-state index is -0.0728. The SMILES string of the molecule is N#Cc1cccc(NC(=O)CN2CCCC2c2ccc3c(c2)OCCCO3)c1. The van der Waals surface area contributed by atoms with Gasteiger partial charge in [0.05, 0.1) is 31.4 Å². The number of likely N-dealkylation sites (tertiary alicyclic amines) is 1. The fraction of sp³-hybridized carbons (Fsp3) is 0.364. The molecule has 2 heterocycles. The maximum atomic E-state index is 12.5. The van der Waals surface area contributed by atoms with Crippen molar-refractivity contribution in [2.24, 2.45) is 0 Å². The van der Waals surface area contributed by atoms with Crippen LogP contribution in [0, 0.1) is 11.3 Å². The van der Waals surface area contributed by atoms with Crippen molar-refractivity contribution in [3.05, 3.63) is 53.6 Å². The molecule has 1 fully saturated rings. The molecular formula is C22H23N3O3. The van der Waals surface area contributed by atoms with Crippen LogP contribution in [-0.4, -0.2) is 37.1 Å². The molecule has 1 unspecified atom stereocenters. The number of benzene rings is 2. The maximum Gasteiger partial charge on any atom is 0.238 e. The molecule has 144 valence electrons. The number of carbonyl (C=O) groups is 1. The van der Waals surface area contributed by atoms with Crippen LogP contribution in [0.1, 0.15) is 36.4 Å². The molecule has 28 heavy (non-hydrogen) atoms. The van der Waals surface area contributed by atoms with Gasteiger partial charge in [0.25, 0.3) is 0 Å². The Morgan fingerprint density at radius 2 is 2.00 bits per heavy atom. The van der Waals surface area contributed by atoms with Crippen LogP contribution in [-0.2, 0) is 4.79 Å². The molecule has 0 aliphatic carbocycles. The number of ether oxygens (including phenoxy) is 2. The van der Waals surface area contributed by atoms with Gasteiger partial charge in [-0.05, 0) is 55.3 Å². The summed E-state index contributed by atoms with van der Waals surface area (Å²) in [7, 11) is 0. The Morgan fingerprint density at radius 3 is 2.86 bits per heavy atom. The monoisotopic (exact) mass is 377 g/mol. The van der Waals surface area contributed by atoms with Crippen molar-refractivity contribution in [2.45, 2.75) is 25.3 Å². The molecule has 0 spiro atoms. The summed E-state index contributed by atoms with van der Waals surface area (Å²) in [4.78, 5) is 14.7. The topological polar surface area (TPSA) is 74.6 Å². The minimum Gasteiger partial charge on any atom is -0.490 e. The minimum absolute atomic E-state index is 0.0728. The molecule has 2 aromatic carbocycles. The molecule has 0 radical (unpaired) electrons. The Morgan fingerprint density at radius 1 is 1.14 bits per heavy atom. The Hall–Kier alpha value is -3.04. The second-order valence-electron chi connectivity index (χ2n) is 7.13. The van der Waals surface area contributed by atoms with Gasteiger partial charge >= 0.3 is 0 Å². The van der Waals surface area contributed by atoms with Crippen LogP contribution in [0.3, 0.4) is 0 Å². The van der Waals surface area contributed by atoms with Gasteiger partial charge in [-0.15, -0.1) is 0 Å². The van der Waals surface area contributed by atoms with E-state index in [0.717, 1.165) is 42.9 Å². The quantitative estimate of drug-likeness (QED) is 0.883. The number of nitrogens with zero attached hydrogens (tertiary/aromatic N) is 2. The Labute approximate surface area is 164 Å². The zero-order valence-electron chi connectivity index (χ0n) is 15.7. The van der Waals surface area contributed by atoms with Gasteiger partial charge in [-0.2, -0.15) is 5.26 Å². The lowest BCUT2D eigenvalue weighted by Crippen LogP contribution is -2.33. The third-order valence-corrected chi connectivity index (χ3v) is 5.14. The summed E-state index contributed by atoms with van der Waals surface area (Å²) in [6, 6.07) is 15.3. The van der Waals surface area contributed by atoms with E-state index in [-0.39, 0.29) is 11.9 Å². The molecule has 6 heteroatoms. The number of nitriles is 1. The molecule has 4 rings (SSSR count). The van der Waals surface area contributed by atoms with Gasteiger partial charge in [-0.3, -0.25) is 9.69 Å². The van der Waals surface area contributed by atoms with E-state index in [0.29, 0.717) is 31.0 Å². The third-order valence-electron chi connectivity index (χ3n) is 5.14. The first kappa shape index (κ1) is 18.3. The molecule has 1 amide bonds. The molecular weight excluding hydrogens is 354 g/mol. The van der Waals surface area contributed by atoms with Crippen molar-refractivity contribution >= 4 is 11.6 Å². The molecule has 2 aliphatic heterocycles. The van der Waals surface area contributed by atoms with Crippen LogP contribution < -0.4 is 14.8 Å². The molecule has 1 saturated heterocycles. The lowest BCUT2D eigenvalue weighted by molar-refractivity contribution is -0.117. The van der Waals surface area contributed by atoms with Gasteiger partial charge in [0.2, 0.25) is 5.91 Å². The number of hydrogen-bond donors (Lipinski definition) is 1. The Balaban J connectivity index is 1.44. The summed E-state index contributed by atoms with van der Waals surface area (Å²) in [5.74, 6) is 1.51. The van der Waals surface area contributed by atoms with Crippen LogP contribution >= 0.6 is 0 Å². The van der Waals surface area contributed by atoms with Gasteiger partial charge in [-0.25, -0.2) is 0 Å². The summed E-state index contributed by atoms with van der Waals surface area (Å²) in [5.41, 5.74) is 2.33. The van der Waals surface area contributed by atoms with E-state index in [4.69, 9.17) is 14.7 Å². The number of rotatable bonds is 4. The van der Waals surface area contributed by atoms with Crippen molar-refractivity contribution in [1.29, 1.82) is 5.26 Å². The summed E-state index contributed by atoms with van der Waals surface area (Å²) in [6.07, 6.45) is 2.94. The van der Waals surface area contributed by atoms with Gasteiger partial charge in [0.15, 0.2) is 11.5 Å². The zero-order valence-corrected chi connectivity index (χ0v) is 15.7. The first-order chi connectivity index (χ1) is 13.7. The summed E-state index contributed by atoms with van der Waals surface area (Å²) >= 11 is 0. The van der Waals surface area contributed by atoms with E-state index in [9.17, 15) is 4.79 Å². The summed E-state index contributed by atoms with van der Waals surface area (Å²) in [5, 5.41) is 11.9. The smallest absolute Gasteiger partial charge is 0.238 e. The van der Waals surface area contributed by atoms with Crippen molar-refractivity contribution in [3.63, 3.8) is 0 Å². The molecule has 2 aliphatic rings. The molecule has 0 aromatic heterocycles. The highest BCUT2D eigenvalue weighted by molar-refractivity contribution is 5.92. The fourth-order valence-corrected chi connectivity index (χ4v) is 3.83. The van der Waals surface area contributed by atoms with E-state index in [1.165, 1.54) is 0 Å². The number of hydrogen-bond acceptors (Lipinski definition) is 5. The zero-order chi connectivity index (χ0) is 19.3. The standard InChI is InChI=1S/C22H23N3O3/c23-14-16-4-1-5-18(12-16)24-22(26)15-25-9-2-6-19(25)17-7-8-20-21(13-17)28-11-3-10-27-20/h1,4-5,7-8,12-13,19H,2-3,6,9-11,15H2,(H,24,26). The van der Waals surface area contributed by atoms with Crippen molar-refractivity contribution < 1.29 is 14.3 Å². The number of anilines is 1. The Kier molecular flexibility index (Phi) is 5.45. The fourth-order valence-electron chi connectivity index (χ4n) is 3.83. The third kappa shape index (κ3) is 4.10. The van der Waals surface area contributed by atoms with Crippen LogP contribution in [0.2, 0.25) is 0 Å². The van der Waals surface area contributed by atoms with E-state index >= 15 is 0 Å². The lowest BCUT2D eigenvalue weighted by atomic mass is 10.0. The molecule has 1 N–H and O–H groups in total. The number of fused-ring (bicyclic) bond motifs is 1. The van der Waals surface area contributed by atoms with Crippen molar-refractivity contribution in [3.8, 4) is 17.6 Å². The highest BCUT2D eigenvalue weighted by atomic mass is 16.5. The second kappa shape index (κ2) is 8.32. The van der Waals surface area contributed by atoms with E-state index in [1.807, 2.05) is 6.07 Å². The number of nitrogens with one attached hydrogen (secondary N) is 1. The highest BCUT2D eigenvalue weighted by Crippen LogP contribution is 2.37.